The number of carbonyl (C=O) groups is 1. The van der Waals surface area contributed by atoms with E-state index in [1.807, 2.05) is 13.8 Å². The number of methoxy groups -OCH3 is 1. The van der Waals surface area contributed by atoms with Gasteiger partial charge in [-0.15, -0.1) is 5.10 Å². The fraction of sp³-hybridized carbons (Fsp3) is 0.417. The van der Waals surface area contributed by atoms with Gasteiger partial charge in [0, 0.05) is 22.9 Å². The molecule has 0 radical (unpaired) electrons. The molecule has 2 N–H and O–H groups in total. The molecule has 13 heteroatoms. The van der Waals surface area contributed by atoms with Crippen molar-refractivity contribution in [1.82, 2.24) is 34.4 Å². The maximum absolute atomic E-state index is 15.4. The Hall–Kier alpha value is -3.87. The SMILES string of the molecule is [2H]C([2H])([2H])N1CC[C@@H](Nc2nc(OC)c3c(-c4ccn5ncc(C(=O)NC(C)C)c5c4)c(F)cn3n2)C(F)(F)C1. The topological polar surface area (TPSA) is 101 Å². The highest BCUT2D eigenvalue weighted by Crippen LogP contribution is 2.36. The van der Waals surface area contributed by atoms with E-state index in [1.165, 1.54) is 17.8 Å². The highest BCUT2D eigenvalue weighted by atomic mass is 19.3. The van der Waals surface area contributed by atoms with Gasteiger partial charge in [-0.1, -0.05) is 0 Å². The number of hydrogen-bond acceptors (Lipinski definition) is 7. The first-order valence-corrected chi connectivity index (χ1v) is 11.6. The molecule has 1 aliphatic rings. The summed E-state index contributed by atoms with van der Waals surface area (Å²) in [7, 11) is 1.30. The molecule has 0 saturated carbocycles. The summed E-state index contributed by atoms with van der Waals surface area (Å²) in [5.74, 6) is -4.73. The average molecular weight is 520 g/mol. The molecule has 196 valence electrons. The molecule has 1 amide bonds. The molecule has 4 aromatic rings. The van der Waals surface area contributed by atoms with Gasteiger partial charge in [-0.3, -0.25) is 4.79 Å². The van der Waals surface area contributed by atoms with Crippen LogP contribution in [0.15, 0.2) is 30.7 Å². The fourth-order valence-electron chi connectivity index (χ4n) is 4.42. The summed E-state index contributed by atoms with van der Waals surface area (Å²) >= 11 is 0. The lowest BCUT2D eigenvalue weighted by Crippen LogP contribution is -2.53. The molecular weight excluding hydrogens is 489 g/mol. The van der Waals surface area contributed by atoms with Crippen LogP contribution in [-0.2, 0) is 0 Å². The average Bonchev–Trinajstić information content (AvgIpc) is 3.43. The minimum Gasteiger partial charge on any atom is -0.479 e. The van der Waals surface area contributed by atoms with Gasteiger partial charge < -0.3 is 20.3 Å². The molecule has 4 aromatic heterocycles. The van der Waals surface area contributed by atoms with E-state index in [0.717, 1.165) is 15.6 Å². The van der Waals surface area contributed by atoms with Gasteiger partial charge in [0.05, 0.1) is 48.7 Å². The van der Waals surface area contributed by atoms with E-state index in [2.05, 4.69) is 25.8 Å². The predicted molar refractivity (Wildman–Crippen MR) is 131 cm³/mol. The van der Waals surface area contributed by atoms with Crippen LogP contribution in [0.5, 0.6) is 5.88 Å². The highest BCUT2D eigenvalue weighted by Gasteiger charge is 2.44. The number of pyridine rings is 1. The maximum atomic E-state index is 15.4. The van der Waals surface area contributed by atoms with E-state index < -0.39 is 31.3 Å². The zero-order valence-corrected chi connectivity index (χ0v) is 20.3. The second kappa shape index (κ2) is 9.21. The van der Waals surface area contributed by atoms with Crippen LogP contribution in [0, 0.1) is 5.82 Å². The standard InChI is InChI=1S/C24H27F3N8O2/c1-13(2)29-21(36)15-10-28-34-8-5-14(9-17(15)34)19-16(25)11-35-20(19)22(37-4)31-23(32-35)30-18-6-7-33(3)12-24(18,26)27/h5,8-11,13,18H,6-7,12H2,1-4H3,(H,29,36)(H,30,32)/t18-/m1/s1/i3D3. The number of aromatic nitrogens is 5. The van der Waals surface area contributed by atoms with Crippen molar-refractivity contribution in [3.63, 3.8) is 0 Å². The van der Waals surface area contributed by atoms with E-state index in [0.29, 0.717) is 16.6 Å². The molecule has 1 fully saturated rings. The van der Waals surface area contributed by atoms with Gasteiger partial charge in [-0.05, 0) is 44.9 Å². The first-order chi connectivity index (χ1) is 18.8. The number of piperidine rings is 1. The number of hydrogen-bond donors (Lipinski definition) is 2. The number of rotatable bonds is 6. The number of amides is 1. The second-order valence-corrected chi connectivity index (χ2v) is 9.19. The zero-order valence-electron chi connectivity index (χ0n) is 23.3. The van der Waals surface area contributed by atoms with E-state index in [-0.39, 0.29) is 47.8 Å². The van der Waals surface area contributed by atoms with Crippen LogP contribution in [0.3, 0.4) is 0 Å². The predicted octanol–water partition coefficient (Wildman–Crippen LogP) is 3.08. The summed E-state index contributed by atoms with van der Waals surface area (Å²) in [6.07, 6.45) is 3.89. The number of halogens is 3. The summed E-state index contributed by atoms with van der Waals surface area (Å²) in [4.78, 5) is 17.6. The van der Waals surface area contributed by atoms with Gasteiger partial charge in [0.1, 0.15) is 5.52 Å². The van der Waals surface area contributed by atoms with Crippen LogP contribution in [0.2, 0.25) is 0 Å². The van der Waals surface area contributed by atoms with Crippen molar-refractivity contribution in [3.05, 3.63) is 42.1 Å². The van der Waals surface area contributed by atoms with Gasteiger partial charge in [0.15, 0.2) is 5.82 Å². The molecule has 5 heterocycles. The number of nitrogens with zero attached hydrogens (tertiary/aromatic N) is 6. The molecule has 37 heavy (non-hydrogen) atoms. The molecule has 0 spiro atoms. The summed E-state index contributed by atoms with van der Waals surface area (Å²) in [5, 5.41) is 13.7. The fourth-order valence-corrected chi connectivity index (χ4v) is 4.42. The minimum atomic E-state index is -3.40. The Bertz CT molecular complexity index is 1590. The normalized spacial score (nSPS) is 19.5. The number of ether oxygens (including phenoxy) is 1. The number of likely N-dealkylation sites (tertiary alicyclic amines) is 1. The third-order valence-corrected chi connectivity index (χ3v) is 6.12. The molecule has 10 nitrogen and oxygen atoms in total. The molecule has 0 bridgehead atoms. The van der Waals surface area contributed by atoms with Crippen LogP contribution in [0.25, 0.3) is 22.2 Å². The summed E-state index contributed by atoms with van der Waals surface area (Å²) < 4.78 is 75.4. The van der Waals surface area contributed by atoms with E-state index >= 15 is 4.39 Å². The molecule has 0 aromatic carbocycles. The van der Waals surface area contributed by atoms with Crippen molar-refractivity contribution in [2.75, 3.05) is 32.5 Å². The molecule has 0 unspecified atom stereocenters. The van der Waals surface area contributed by atoms with E-state index in [9.17, 15) is 13.6 Å². The maximum Gasteiger partial charge on any atom is 0.280 e. The van der Waals surface area contributed by atoms with Crippen molar-refractivity contribution < 1.29 is 26.8 Å². The lowest BCUT2D eigenvalue weighted by Gasteiger charge is -2.36. The smallest absolute Gasteiger partial charge is 0.280 e. The highest BCUT2D eigenvalue weighted by molar-refractivity contribution is 6.01. The number of fused-ring (bicyclic) bond motifs is 2. The van der Waals surface area contributed by atoms with Gasteiger partial charge in [0.2, 0.25) is 11.8 Å². The summed E-state index contributed by atoms with van der Waals surface area (Å²) in [5.41, 5.74) is 1.36. The molecule has 1 saturated heterocycles. The Morgan fingerprint density at radius 3 is 2.86 bits per heavy atom. The van der Waals surface area contributed by atoms with Crippen molar-refractivity contribution in [2.45, 2.75) is 38.3 Å². The summed E-state index contributed by atoms with van der Waals surface area (Å²) in [6.45, 7) is -0.0232. The summed E-state index contributed by atoms with van der Waals surface area (Å²) in [6, 6.07) is 1.66. The van der Waals surface area contributed by atoms with Crippen molar-refractivity contribution in [1.29, 1.82) is 0 Å². The lowest BCUT2D eigenvalue weighted by molar-refractivity contribution is -0.0675. The van der Waals surface area contributed by atoms with Gasteiger partial charge in [-0.2, -0.15) is 10.1 Å². The molecule has 5 rings (SSSR count). The monoisotopic (exact) mass is 519 g/mol. The zero-order chi connectivity index (χ0) is 29.0. The van der Waals surface area contributed by atoms with E-state index in [4.69, 9.17) is 8.85 Å². The third kappa shape index (κ3) is 4.54. The Morgan fingerprint density at radius 1 is 1.35 bits per heavy atom. The Balaban J connectivity index is 1.51. The molecule has 1 aliphatic heterocycles. The van der Waals surface area contributed by atoms with Crippen LogP contribution < -0.4 is 15.4 Å². The van der Waals surface area contributed by atoms with Gasteiger partial charge in [-0.25, -0.2) is 22.2 Å². The Morgan fingerprint density at radius 2 is 2.16 bits per heavy atom. The molecule has 0 aliphatic carbocycles. The van der Waals surface area contributed by atoms with Crippen molar-refractivity contribution in [3.8, 4) is 17.0 Å². The van der Waals surface area contributed by atoms with Crippen molar-refractivity contribution >= 4 is 22.9 Å². The first kappa shape index (κ1) is 21.2. The Kier molecular flexibility index (Phi) is 5.29. The van der Waals surface area contributed by atoms with E-state index in [1.54, 1.807) is 18.3 Å². The quantitative estimate of drug-likeness (QED) is 0.404. The Labute approximate surface area is 214 Å². The second-order valence-electron chi connectivity index (χ2n) is 9.19. The number of alkyl halides is 2. The first-order valence-electron chi connectivity index (χ1n) is 13.1. The van der Waals surface area contributed by atoms with Crippen LogP contribution in [-0.4, -0.2) is 80.2 Å². The number of anilines is 1. The lowest BCUT2D eigenvalue weighted by atomic mass is 10.0. The number of carbonyl (C=O) groups excluding carboxylic acids is 1. The minimum absolute atomic E-state index is 0.0780. The van der Waals surface area contributed by atoms with Gasteiger partial charge in [0.25, 0.3) is 11.8 Å². The molecule has 1 atom stereocenters. The number of nitrogens with one attached hydrogen (secondary N) is 2. The largest absolute Gasteiger partial charge is 0.479 e. The van der Waals surface area contributed by atoms with Crippen LogP contribution in [0.4, 0.5) is 19.1 Å². The van der Waals surface area contributed by atoms with Crippen LogP contribution >= 0.6 is 0 Å². The van der Waals surface area contributed by atoms with Gasteiger partial charge >= 0.3 is 0 Å². The van der Waals surface area contributed by atoms with Crippen molar-refractivity contribution in [2.24, 2.45) is 0 Å². The van der Waals surface area contributed by atoms with Crippen LogP contribution in [0.1, 0.15) is 34.7 Å². The molecular formula is C24H27F3N8O2. The third-order valence-electron chi connectivity index (χ3n) is 6.12.